The lowest BCUT2D eigenvalue weighted by molar-refractivity contribution is 0.145. The number of nitrogens with two attached hydrogens (primary N) is 1. The van der Waals surface area contributed by atoms with E-state index < -0.39 is 12.1 Å². The van der Waals surface area contributed by atoms with E-state index >= 15 is 0 Å². The van der Waals surface area contributed by atoms with Crippen molar-refractivity contribution >= 4 is 0 Å². The van der Waals surface area contributed by atoms with Crippen LogP contribution >= 0.6 is 0 Å². The molecule has 0 aliphatic rings. The Bertz CT molecular complexity index is 558. The first-order valence-electron chi connectivity index (χ1n) is 6.76. The predicted octanol–water partition coefficient (Wildman–Crippen LogP) is 2.61. The van der Waals surface area contributed by atoms with Crippen LogP contribution in [0.4, 0.5) is 0 Å². The zero-order valence-corrected chi connectivity index (χ0v) is 11.9. The molecule has 0 radical (unpaired) electrons. The summed E-state index contributed by atoms with van der Waals surface area (Å²) in [5.41, 5.74) is 9.61. The maximum Gasteiger partial charge on any atom is 0.121 e. The van der Waals surface area contributed by atoms with Crippen molar-refractivity contribution in [2.75, 3.05) is 0 Å². The molecule has 2 atom stereocenters. The second-order valence-electron chi connectivity index (χ2n) is 5.29. The van der Waals surface area contributed by atoms with Crippen molar-refractivity contribution in [1.29, 1.82) is 0 Å². The minimum absolute atomic E-state index is 0.290. The molecule has 20 heavy (non-hydrogen) atoms. The van der Waals surface area contributed by atoms with Crippen LogP contribution in [0.2, 0.25) is 0 Å². The average molecular weight is 271 g/mol. The van der Waals surface area contributed by atoms with Gasteiger partial charge >= 0.3 is 0 Å². The Labute approximate surface area is 119 Å². The van der Waals surface area contributed by atoms with Gasteiger partial charge in [-0.1, -0.05) is 42.5 Å². The molecule has 3 nitrogen and oxygen atoms in total. The lowest BCUT2D eigenvalue weighted by Crippen LogP contribution is -2.28. The van der Waals surface area contributed by atoms with Crippen molar-refractivity contribution in [3.8, 4) is 5.75 Å². The molecule has 0 saturated heterocycles. The summed E-state index contributed by atoms with van der Waals surface area (Å²) in [5, 5.41) is 20.1. The normalized spacial score (nSPS) is 14.0. The van der Waals surface area contributed by atoms with E-state index in [1.165, 1.54) is 0 Å². The number of benzene rings is 2. The number of phenolic OH excluding ortho intramolecular Hbond substituents is 1. The second kappa shape index (κ2) is 6.07. The number of aliphatic hydroxyl groups is 1. The van der Waals surface area contributed by atoms with Crippen molar-refractivity contribution in [1.82, 2.24) is 0 Å². The molecule has 0 bridgehead atoms. The number of phenols is 1. The van der Waals surface area contributed by atoms with Gasteiger partial charge in [-0.25, -0.2) is 0 Å². The summed E-state index contributed by atoms with van der Waals surface area (Å²) in [6.07, 6.45) is -0.137. The Morgan fingerprint density at radius 2 is 1.60 bits per heavy atom. The maximum absolute atomic E-state index is 10.3. The number of aryl methyl sites for hydroxylation is 2. The number of aliphatic hydroxyl groups excluding tert-OH is 1. The van der Waals surface area contributed by atoms with E-state index in [1.54, 1.807) is 0 Å². The van der Waals surface area contributed by atoms with Crippen LogP contribution in [0.25, 0.3) is 0 Å². The zero-order valence-electron chi connectivity index (χ0n) is 11.9. The average Bonchev–Trinajstić information content (AvgIpc) is 2.44. The summed E-state index contributed by atoms with van der Waals surface area (Å²) in [5.74, 6) is 0.290. The van der Waals surface area contributed by atoms with E-state index in [1.807, 2.05) is 56.3 Å². The Morgan fingerprint density at radius 1 is 1.05 bits per heavy atom. The third-order valence-corrected chi connectivity index (χ3v) is 3.60. The van der Waals surface area contributed by atoms with Crippen molar-refractivity contribution in [3.63, 3.8) is 0 Å². The molecule has 0 spiro atoms. The summed E-state index contributed by atoms with van der Waals surface area (Å²) >= 11 is 0. The highest BCUT2D eigenvalue weighted by molar-refractivity contribution is 5.43. The number of aromatic hydroxyl groups is 1. The standard InChI is InChI=1S/C17H21NO2/c1-11-8-14(9-12(2)17(11)20)16(18)15(19)10-13-6-4-3-5-7-13/h3-9,15-16,19-20H,10,18H2,1-2H3/t15-,16+/m0/s1. The van der Waals surface area contributed by atoms with Crippen LogP contribution in [0.3, 0.4) is 0 Å². The Morgan fingerprint density at radius 3 is 2.15 bits per heavy atom. The third-order valence-electron chi connectivity index (χ3n) is 3.60. The van der Waals surface area contributed by atoms with Crippen LogP contribution in [-0.2, 0) is 6.42 Å². The summed E-state index contributed by atoms with van der Waals surface area (Å²) in [6, 6.07) is 13.0. The summed E-state index contributed by atoms with van der Waals surface area (Å²) < 4.78 is 0. The Kier molecular flexibility index (Phi) is 4.42. The highest BCUT2D eigenvalue weighted by Crippen LogP contribution is 2.27. The van der Waals surface area contributed by atoms with Crippen LogP contribution in [0, 0.1) is 13.8 Å². The quantitative estimate of drug-likeness (QED) is 0.800. The fraction of sp³-hybridized carbons (Fsp3) is 0.294. The molecule has 2 rings (SSSR count). The van der Waals surface area contributed by atoms with Gasteiger partial charge in [0.05, 0.1) is 12.1 Å². The highest BCUT2D eigenvalue weighted by atomic mass is 16.3. The van der Waals surface area contributed by atoms with Crippen LogP contribution in [0.15, 0.2) is 42.5 Å². The molecule has 0 saturated carbocycles. The van der Waals surface area contributed by atoms with E-state index in [9.17, 15) is 10.2 Å². The summed E-state index contributed by atoms with van der Waals surface area (Å²) in [4.78, 5) is 0. The first-order valence-corrected chi connectivity index (χ1v) is 6.76. The van der Waals surface area contributed by atoms with Gasteiger partial charge in [0.15, 0.2) is 0 Å². The monoisotopic (exact) mass is 271 g/mol. The van der Waals surface area contributed by atoms with E-state index in [0.717, 1.165) is 22.3 Å². The summed E-state index contributed by atoms with van der Waals surface area (Å²) in [7, 11) is 0. The van der Waals surface area contributed by atoms with Gasteiger partial charge in [-0.15, -0.1) is 0 Å². The zero-order chi connectivity index (χ0) is 14.7. The molecule has 0 heterocycles. The largest absolute Gasteiger partial charge is 0.507 e. The van der Waals surface area contributed by atoms with Gasteiger partial charge in [0.25, 0.3) is 0 Å². The maximum atomic E-state index is 10.3. The molecular weight excluding hydrogens is 250 g/mol. The van der Waals surface area contributed by atoms with Crippen molar-refractivity contribution in [2.24, 2.45) is 5.73 Å². The van der Waals surface area contributed by atoms with Gasteiger partial charge in [0.2, 0.25) is 0 Å². The number of hydrogen-bond acceptors (Lipinski definition) is 3. The van der Waals surface area contributed by atoms with Gasteiger partial charge in [-0.05, 0) is 36.1 Å². The van der Waals surface area contributed by atoms with Crippen molar-refractivity contribution in [3.05, 3.63) is 64.7 Å². The topological polar surface area (TPSA) is 66.5 Å². The highest BCUT2D eigenvalue weighted by Gasteiger charge is 2.18. The molecular formula is C17H21NO2. The van der Waals surface area contributed by atoms with Crippen LogP contribution in [0.1, 0.15) is 28.3 Å². The molecule has 0 unspecified atom stereocenters. The Hall–Kier alpha value is -1.84. The first-order chi connectivity index (χ1) is 9.49. The molecule has 0 amide bonds. The minimum atomic E-state index is -0.652. The molecule has 2 aromatic rings. The van der Waals surface area contributed by atoms with Gasteiger partial charge < -0.3 is 15.9 Å². The van der Waals surface area contributed by atoms with Gasteiger partial charge in [-0.2, -0.15) is 0 Å². The van der Waals surface area contributed by atoms with E-state index in [0.29, 0.717) is 12.2 Å². The molecule has 0 aromatic heterocycles. The molecule has 4 N–H and O–H groups in total. The Balaban J connectivity index is 2.16. The fourth-order valence-corrected chi connectivity index (χ4v) is 2.39. The summed E-state index contributed by atoms with van der Waals surface area (Å²) in [6.45, 7) is 3.67. The fourth-order valence-electron chi connectivity index (χ4n) is 2.39. The van der Waals surface area contributed by atoms with Crippen LogP contribution in [0.5, 0.6) is 5.75 Å². The SMILES string of the molecule is Cc1cc([C@@H](N)[C@@H](O)Cc2ccccc2)cc(C)c1O. The van der Waals surface area contributed by atoms with Crippen LogP contribution < -0.4 is 5.73 Å². The molecule has 0 aliphatic carbocycles. The lowest BCUT2D eigenvalue weighted by atomic mass is 9.94. The van der Waals surface area contributed by atoms with Gasteiger partial charge in [0.1, 0.15) is 5.75 Å². The molecule has 0 fully saturated rings. The van der Waals surface area contributed by atoms with E-state index in [4.69, 9.17) is 5.73 Å². The van der Waals surface area contributed by atoms with Gasteiger partial charge in [0, 0.05) is 6.42 Å². The van der Waals surface area contributed by atoms with Crippen molar-refractivity contribution in [2.45, 2.75) is 32.4 Å². The number of hydrogen-bond donors (Lipinski definition) is 3. The second-order valence-corrected chi connectivity index (χ2v) is 5.29. The van der Waals surface area contributed by atoms with Gasteiger partial charge in [-0.3, -0.25) is 0 Å². The molecule has 106 valence electrons. The van der Waals surface area contributed by atoms with Crippen LogP contribution in [-0.4, -0.2) is 16.3 Å². The smallest absolute Gasteiger partial charge is 0.121 e. The third kappa shape index (κ3) is 3.18. The molecule has 0 aliphatic heterocycles. The van der Waals surface area contributed by atoms with Crippen molar-refractivity contribution < 1.29 is 10.2 Å². The minimum Gasteiger partial charge on any atom is -0.507 e. The predicted molar refractivity (Wildman–Crippen MR) is 80.7 cm³/mol. The van der Waals surface area contributed by atoms with E-state index in [2.05, 4.69) is 0 Å². The first kappa shape index (κ1) is 14.6. The lowest BCUT2D eigenvalue weighted by Gasteiger charge is -2.21. The molecule has 2 aromatic carbocycles. The van der Waals surface area contributed by atoms with E-state index in [-0.39, 0.29) is 0 Å². The number of rotatable bonds is 4. The molecule has 3 heteroatoms.